The molecule has 1 fully saturated rings. The van der Waals surface area contributed by atoms with E-state index < -0.39 is 0 Å². The standard InChI is InChI=1S/C12H15BrN2O2/c13-9-4-5-11(14-7-9)12(17)15-6-2-1-3-10(15)8-16/h4-5,7,10,16H,1-3,6,8H2. The van der Waals surface area contributed by atoms with E-state index in [0.29, 0.717) is 12.2 Å². The van der Waals surface area contributed by atoms with Gasteiger partial charge in [0.1, 0.15) is 5.69 Å². The van der Waals surface area contributed by atoms with Crippen molar-refractivity contribution < 1.29 is 9.90 Å². The number of piperidine rings is 1. The largest absolute Gasteiger partial charge is 0.394 e. The lowest BCUT2D eigenvalue weighted by atomic mass is 10.0. The Morgan fingerprint density at radius 3 is 3.00 bits per heavy atom. The zero-order chi connectivity index (χ0) is 12.3. The maximum absolute atomic E-state index is 12.2. The number of pyridine rings is 1. The van der Waals surface area contributed by atoms with Crippen LogP contribution in [-0.4, -0.2) is 40.1 Å². The Morgan fingerprint density at radius 1 is 1.53 bits per heavy atom. The average Bonchev–Trinajstić information content (AvgIpc) is 2.39. The summed E-state index contributed by atoms with van der Waals surface area (Å²) < 4.78 is 0.853. The number of hydrogen-bond donors (Lipinski definition) is 1. The van der Waals surface area contributed by atoms with Crippen molar-refractivity contribution in [3.05, 3.63) is 28.5 Å². The SMILES string of the molecule is O=C(c1ccc(Br)cn1)N1CCCCC1CO. The molecule has 4 nitrogen and oxygen atoms in total. The molecule has 2 rings (SSSR count). The molecule has 2 heterocycles. The number of aromatic nitrogens is 1. The molecule has 92 valence electrons. The van der Waals surface area contributed by atoms with Crippen LogP contribution < -0.4 is 0 Å². The molecule has 1 aliphatic heterocycles. The Balaban J connectivity index is 2.15. The number of aliphatic hydroxyl groups is 1. The van der Waals surface area contributed by atoms with Gasteiger partial charge in [-0.25, -0.2) is 4.98 Å². The molecule has 0 spiro atoms. The van der Waals surface area contributed by atoms with E-state index in [1.165, 1.54) is 0 Å². The lowest BCUT2D eigenvalue weighted by molar-refractivity contribution is 0.0497. The topological polar surface area (TPSA) is 53.4 Å². The van der Waals surface area contributed by atoms with Crippen molar-refractivity contribution in [1.82, 2.24) is 9.88 Å². The van der Waals surface area contributed by atoms with Crippen LogP contribution in [0.5, 0.6) is 0 Å². The molecule has 1 aromatic rings. The lowest BCUT2D eigenvalue weighted by Crippen LogP contribution is -2.45. The zero-order valence-corrected chi connectivity index (χ0v) is 11.1. The smallest absolute Gasteiger partial charge is 0.272 e. The molecule has 0 radical (unpaired) electrons. The highest BCUT2D eigenvalue weighted by Crippen LogP contribution is 2.19. The van der Waals surface area contributed by atoms with Crippen LogP contribution in [0.3, 0.4) is 0 Å². The Hall–Kier alpha value is -0.940. The number of rotatable bonds is 2. The molecule has 1 unspecified atom stereocenters. The summed E-state index contributed by atoms with van der Waals surface area (Å²) in [6.45, 7) is 0.740. The fraction of sp³-hybridized carbons (Fsp3) is 0.500. The van der Waals surface area contributed by atoms with Crippen molar-refractivity contribution in [2.24, 2.45) is 0 Å². The highest BCUT2D eigenvalue weighted by Gasteiger charge is 2.27. The molecule has 1 aliphatic rings. The summed E-state index contributed by atoms with van der Waals surface area (Å²) in [7, 11) is 0. The highest BCUT2D eigenvalue weighted by atomic mass is 79.9. The Labute approximate surface area is 109 Å². The second-order valence-electron chi connectivity index (χ2n) is 4.19. The van der Waals surface area contributed by atoms with E-state index in [4.69, 9.17) is 0 Å². The minimum Gasteiger partial charge on any atom is -0.394 e. The van der Waals surface area contributed by atoms with Crippen LogP contribution in [0.2, 0.25) is 0 Å². The Bertz CT molecular complexity index is 394. The van der Waals surface area contributed by atoms with E-state index in [1.54, 1.807) is 23.2 Å². The van der Waals surface area contributed by atoms with Gasteiger partial charge in [-0.1, -0.05) is 0 Å². The molecule has 1 aromatic heterocycles. The van der Waals surface area contributed by atoms with Crippen molar-refractivity contribution in [2.45, 2.75) is 25.3 Å². The molecule has 1 N–H and O–H groups in total. The maximum Gasteiger partial charge on any atom is 0.272 e. The molecule has 0 saturated carbocycles. The van der Waals surface area contributed by atoms with Crippen LogP contribution in [0.4, 0.5) is 0 Å². The molecular weight excluding hydrogens is 284 g/mol. The van der Waals surface area contributed by atoms with Gasteiger partial charge < -0.3 is 10.0 Å². The molecular formula is C12H15BrN2O2. The Kier molecular flexibility index (Phi) is 4.12. The molecule has 17 heavy (non-hydrogen) atoms. The number of nitrogens with zero attached hydrogens (tertiary/aromatic N) is 2. The van der Waals surface area contributed by atoms with Crippen LogP contribution in [0, 0.1) is 0 Å². The maximum atomic E-state index is 12.2. The van der Waals surface area contributed by atoms with Crippen molar-refractivity contribution >= 4 is 21.8 Å². The van der Waals surface area contributed by atoms with E-state index in [1.807, 2.05) is 0 Å². The number of carbonyl (C=O) groups is 1. The van der Waals surface area contributed by atoms with E-state index in [2.05, 4.69) is 20.9 Å². The third-order valence-electron chi connectivity index (χ3n) is 3.05. The molecule has 0 aliphatic carbocycles. The molecule has 5 heteroatoms. The van der Waals surface area contributed by atoms with Gasteiger partial charge in [0, 0.05) is 17.2 Å². The van der Waals surface area contributed by atoms with Gasteiger partial charge in [-0.15, -0.1) is 0 Å². The van der Waals surface area contributed by atoms with E-state index >= 15 is 0 Å². The summed E-state index contributed by atoms with van der Waals surface area (Å²) in [5, 5.41) is 9.28. The minimum absolute atomic E-state index is 0.0300. The van der Waals surface area contributed by atoms with E-state index in [0.717, 1.165) is 23.7 Å². The summed E-state index contributed by atoms with van der Waals surface area (Å²) >= 11 is 3.29. The van der Waals surface area contributed by atoms with Gasteiger partial charge in [-0.3, -0.25) is 4.79 Å². The van der Waals surface area contributed by atoms with Crippen molar-refractivity contribution in [3.63, 3.8) is 0 Å². The fourth-order valence-corrected chi connectivity index (χ4v) is 2.34. The van der Waals surface area contributed by atoms with Crippen molar-refractivity contribution in [1.29, 1.82) is 0 Å². The summed E-state index contributed by atoms with van der Waals surface area (Å²) in [6, 6.07) is 3.45. The van der Waals surface area contributed by atoms with Gasteiger partial charge in [0.2, 0.25) is 0 Å². The first-order chi connectivity index (χ1) is 8.22. The molecule has 1 amide bonds. The first-order valence-corrected chi connectivity index (χ1v) is 6.55. The molecule has 1 saturated heterocycles. The number of carbonyl (C=O) groups excluding carboxylic acids is 1. The van der Waals surface area contributed by atoms with Crippen molar-refractivity contribution in [3.8, 4) is 0 Å². The molecule has 0 aromatic carbocycles. The average molecular weight is 299 g/mol. The number of aliphatic hydroxyl groups excluding tert-OH is 1. The minimum atomic E-state index is -0.0868. The summed E-state index contributed by atoms with van der Waals surface area (Å²) in [5.74, 6) is -0.0868. The number of amides is 1. The predicted octanol–water partition coefficient (Wildman–Crippen LogP) is 1.83. The van der Waals surface area contributed by atoms with Gasteiger partial charge in [-0.05, 0) is 47.3 Å². The van der Waals surface area contributed by atoms with E-state index in [9.17, 15) is 9.90 Å². The monoisotopic (exact) mass is 298 g/mol. The molecule has 0 bridgehead atoms. The van der Waals surface area contributed by atoms with Crippen LogP contribution in [-0.2, 0) is 0 Å². The number of halogens is 1. The lowest BCUT2D eigenvalue weighted by Gasteiger charge is -2.34. The zero-order valence-electron chi connectivity index (χ0n) is 9.47. The summed E-state index contributed by atoms with van der Waals surface area (Å²) in [5.41, 5.74) is 0.438. The summed E-state index contributed by atoms with van der Waals surface area (Å²) in [6.07, 6.45) is 4.56. The van der Waals surface area contributed by atoms with E-state index in [-0.39, 0.29) is 18.6 Å². The molecule has 1 atom stereocenters. The normalized spacial score (nSPS) is 20.4. The summed E-state index contributed by atoms with van der Waals surface area (Å²) in [4.78, 5) is 18.1. The second-order valence-corrected chi connectivity index (χ2v) is 5.11. The van der Waals surface area contributed by atoms with Crippen molar-refractivity contribution in [2.75, 3.05) is 13.2 Å². The highest BCUT2D eigenvalue weighted by molar-refractivity contribution is 9.10. The van der Waals surface area contributed by atoms with Crippen LogP contribution in [0.25, 0.3) is 0 Å². The predicted molar refractivity (Wildman–Crippen MR) is 67.7 cm³/mol. The quantitative estimate of drug-likeness (QED) is 0.906. The van der Waals surface area contributed by atoms with Gasteiger partial charge in [-0.2, -0.15) is 0 Å². The van der Waals surface area contributed by atoms with Gasteiger partial charge in [0.25, 0.3) is 5.91 Å². The van der Waals surface area contributed by atoms with Crippen LogP contribution in [0.1, 0.15) is 29.8 Å². The Morgan fingerprint density at radius 2 is 2.35 bits per heavy atom. The third-order valence-corrected chi connectivity index (χ3v) is 3.51. The first-order valence-electron chi connectivity index (χ1n) is 5.76. The number of hydrogen-bond acceptors (Lipinski definition) is 3. The second kappa shape index (κ2) is 5.60. The van der Waals surface area contributed by atoms with Gasteiger partial charge in [0.15, 0.2) is 0 Å². The fourth-order valence-electron chi connectivity index (χ4n) is 2.11. The van der Waals surface area contributed by atoms with Crippen LogP contribution >= 0.6 is 15.9 Å². The van der Waals surface area contributed by atoms with Crippen LogP contribution in [0.15, 0.2) is 22.8 Å². The first kappa shape index (κ1) is 12.5. The number of likely N-dealkylation sites (tertiary alicyclic amines) is 1. The van der Waals surface area contributed by atoms with Gasteiger partial charge >= 0.3 is 0 Å². The third kappa shape index (κ3) is 2.84. The van der Waals surface area contributed by atoms with Gasteiger partial charge in [0.05, 0.1) is 12.6 Å².